The molecule has 0 aliphatic rings. The van der Waals surface area contributed by atoms with Crippen molar-refractivity contribution in [1.29, 1.82) is 0 Å². The van der Waals surface area contributed by atoms with Crippen LogP contribution < -0.4 is 15.4 Å². The number of ether oxygens (including phenoxy) is 1. The van der Waals surface area contributed by atoms with E-state index in [1.165, 1.54) is 12.3 Å². The standard InChI is InChI=1S/C15H10BrClF3N3O3/c16-9-2-4-12(21-7-9)23-14(25)8-1-3-11(26-15(18,19)20)10(5-8)22-13(24)6-17/h1-5,7H,6H2,(H,22,24)(H,21,23,25). The molecule has 0 aliphatic carbocycles. The van der Waals surface area contributed by atoms with E-state index in [9.17, 15) is 22.8 Å². The Kier molecular flexibility index (Phi) is 6.43. The van der Waals surface area contributed by atoms with Crippen LogP contribution in [0.3, 0.4) is 0 Å². The van der Waals surface area contributed by atoms with Gasteiger partial charge in [0.25, 0.3) is 5.91 Å². The van der Waals surface area contributed by atoms with Gasteiger partial charge in [0.15, 0.2) is 5.75 Å². The number of amides is 2. The lowest BCUT2D eigenvalue weighted by Gasteiger charge is -2.15. The summed E-state index contributed by atoms with van der Waals surface area (Å²) in [5, 5.41) is 4.63. The van der Waals surface area contributed by atoms with Gasteiger partial charge in [0.2, 0.25) is 5.91 Å². The van der Waals surface area contributed by atoms with Gasteiger partial charge in [-0.2, -0.15) is 0 Å². The number of hydrogen-bond acceptors (Lipinski definition) is 4. The van der Waals surface area contributed by atoms with Crippen LogP contribution in [0.4, 0.5) is 24.7 Å². The van der Waals surface area contributed by atoms with Crippen molar-refractivity contribution >= 4 is 50.9 Å². The SMILES string of the molecule is O=C(CCl)Nc1cc(C(=O)Nc2ccc(Br)cn2)ccc1OC(F)(F)F. The zero-order chi connectivity index (χ0) is 19.3. The number of nitrogens with one attached hydrogen (secondary N) is 2. The van der Waals surface area contributed by atoms with Crippen molar-refractivity contribution in [3.05, 3.63) is 46.6 Å². The van der Waals surface area contributed by atoms with Crippen LogP contribution in [0.2, 0.25) is 0 Å². The van der Waals surface area contributed by atoms with Crippen LogP contribution in [0.25, 0.3) is 0 Å². The number of carbonyl (C=O) groups excluding carboxylic acids is 2. The quantitative estimate of drug-likeness (QED) is 0.667. The Morgan fingerprint density at radius 2 is 1.92 bits per heavy atom. The molecule has 2 amide bonds. The third-order valence-electron chi connectivity index (χ3n) is 2.83. The summed E-state index contributed by atoms with van der Waals surface area (Å²) in [6, 6.07) is 6.25. The van der Waals surface area contributed by atoms with Gasteiger partial charge in [-0.3, -0.25) is 9.59 Å². The summed E-state index contributed by atoms with van der Waals surface area (Å²) >= 11 is 8.54. The average molecular weight is 453 g/mol. The van der Waals surface area contributed by atoms with Gasteiger partial charge in [-0.1, -0.05) is 0 Å². The molecular weight excluding hydrogens is 443 g/mol. The number of nitrogens with zero attached hydrogens (tertiary/aromatic N) is 1. The summed E-state index contributed by atoms with van der Waals surface area (Å²) in [4.78, 5) is 27.6. The summed E-state index contributed by atoms with van der Waals surface area (Å²) in [5.74, 6) is -2.31. The predicted molar refractivity (Wildman–Crippen MR) is 92.4 cm³/mol. The first-order valence-electron chi connectivity index (χ1n) is 6.86. The summed E-state index contributed by atoms with van der Waals surface area (Å²) in [6.07, 6.45) is -3.51. The Hall–Kier alpha value is -2.33. The normalized spacial score (nSPS) is 11.0. The number of carbonyl (C=O) groups is 2. The highest BCUT2D eigenvalue weighted by atomic mass is 79.9. The van der Waals surface area contributed by atoms with Crippen molar-refractivity contribution in [3.63, 3.8) is 0 Å². The smallest absolute Gasteiger partial charge is 0.404 e. The van der Waals surface area contributed by atoms with Crippen LogP contribution in [0.1, 0.15) is 10.4 Å². The maximum absolute atomic E-state index is 12.5. The minimum atomic E-state index is -4.97. The third-order valence-corrected chi connectivity index (χ3v) is 3.54. The van der Waals surface area contributed by atoms with Crippen molar-refractivity contribution in [1.82, 2.24) is 4.98 Å². The van der Waals surface area contributed by atoms with E-state index in [2.05, 4.69) is 36.3 Å². The lowest BCUT2D eigenvalue weighted by atomic mass is 10.1. The number of alkyl halides is 4. The average Bonchev–Trinajstić information content (AvgIpc) is 2.57. The molecule has 0 atom stereocenters. The summed E-state index contributed by atoms with van der Waals surface area (Å²) in [5.41, 5.74) is -0.362. The van der Waals surface area contributed by atoms with Crippen molar-refractivity contribution < 1.29 is 27.5 Å². The third kappa shape index (κ3) is 5.88. The van der Waals surface area contributed by atoms with Gasteiger partial charge in [0.1, 0.15) is 11.7 Å². The Balaban J connectivity index is 2.27. The number of anilines is 2. The van der Waals surface area contributed by atoms with Gasteiger partial charge in [-0.05, 0) is 46.3 Å². The molecule has 1 aromatic carbocycles. The molecule has 0 fully saturated rings. The number of benzene rings is 1. The van der Waals surface area contributed by atoms with E-state index in [-0.39, 0.29) is 17.1 Å². The van der Waals surface area contributed by atoms with Gasteiger partial charge in [-0.25, -0.2) is 4.98 Å². The molecule has 0 saturated carbocycles. The van der Waals surface area contributed by atoms with Crippen LogP contribution in [0.15, 0.2) is 41.0 Å². The zero-order valence-corrected chi connectivity index (χ0v) is 15.1. The second-order valence-corrected chi connectivity index (χ2v) is 5.94. The molecule has 2 aromatic rings. The Labute approximate surface area is 158 Å². The summed E-state index contributed by atoms with van der Waals surface area (Å²) < 4.78 is 41.9. The number of rotatable bonds is 5. The van der Waals surface area contributed by atoms with E-state index in [1.54, 1.807) is 6.07 Å². The largest absolute Gasteiger partial charge is 0.573 e. The second-order valence-electron chi connectivity index (χ2n) is 4.76. The molecule has 11 heteroatoms. The van der Waals surface area contributed by atoms with Crippen molar-refractivity contribution in [2.75, 3.05) is 16.5 Å². The zero-order valence-electron chi connectivity index (χ0n) is 12.7. The van der Waals surface area contributed by atoms with E-state index in [0.29, 0.717) is 4.47 Å². The Morgan fingerprint density at radius 1 is 1.19 bits per heavy atom. The lowest BCUT2D eigenvalue weighted by Crippen LogP contribution is -2.21. The highest BCUT2D eigenvalue weighted by Crippen LogP contribution is 2.31. The summed E-state index contributed by atoms with van der Waals surface area (Å²) in [6.45, 7) is 0. The molecule has 0 saturated heterocycles. The Bertz CT molecular complexity index is 816. The highest BCUT2D eigenvalue weighted by Gasteiger charge is 2.32. The molecule has 0 aliphatic heterocycles. The molecule has 1 aromatic heterocycles. The monoisotopic (exact) mass is 451 g/mol. The van der Waals surface area contributed by atoms with Crippen LogP contribution in [-0.2, 0) is 4.79 Å². The molecule has 0 bridgehead atoms. The van der Waals surface area contributed by atoms with Crippen LogP contribution >= 0.6 is 27.5 Å². The number of aromatic nitrogens is 1. The molecule has 0 radical (unpaired) electrons. The number of halogens is 5. The molecule has 26 heavy (non-hydrogen) atoms. The molecule has 2 N–H and O–H groups in total. The second kappa shape index (κ2) is 8.37. The van der Waals surface area contributed by atoms with Crippen LogP contribution in [0.5, 0.6) is 5.75 Å². The first kappa shape index (κ1) is 20.0. The van der Waals surface area contributed by atoms with Gasteiger partial charge < -0.3 is 15.4 Å². The van der Waals surface area contributed by atoms with Crippen LogP contribution in [0, 0.1) is 0 Å². The number of hydrogen-bond donors (Lipinski definition) is 2. The molecule has 1 heterocycles. The molecule has 0 spiro atoms. The van der Waals surface area contributed by atoms with E-state index in [1.807, 2.05) is 0 Å². The fourth-order valence-electron chi connectivity index (χ4n) is 1.80. The van der Waals surface area contributed by atoms with E-state index >= 15 is 0 Å². The molecule has 2 rings (SSSR count). The molecule has 6 nitrogen and oxygen atoms in total. The summed E-state index contributed by atoms with van der Waals surface area (Å²) in [7, 11) is 0. The predicted octanol–water partition coefficient (Wildman–Crippen LogP) is 4.17. The fourth-order valence-corrected chi connectivity index (χ4v) is 2.11. The Morgan fingerprint density at radius 3 is 2.50 bits per heavy atom. The highest BCUT2D eigenvalue weighted by molar-refractivity contribution is 9.10. The van der Waals surface area contributed by atoms with Crippen molar-refractivity contribution in [3.8, 4) is 5.75 Å². The van der Waals surface area contributed by atoms with Crippen molar-refractivity contribution in [2.45, 2.75) is 6.36 Å². The fraction of sp³-hybridized carbons (Fsp3) is 0.133. The maximum Gasteiger partial charge on any atom is 0.573 e. The first-order chi connectivity index (χ1) is 12.2. The van der Waals surface area contributed by atoms with E-state index in [4.69, 9.17) is 11.6 Å². The minimum absolute atomic E-state index is 0.0193. The van der Waals surface area contributed by atoms with E-state index < -0.39 is 29.8 Å². The topological polar surface area (TPSA) is 80.3 Å². The van der Waals surface area contributed by atoms with Gasteiger partial charge in [0.05, 0.1) is 5.69 Å². The molecule has 138 valence electrons. The van der Waals surface area contributed by atoms with Gasteiger partial charge in [-0.15, -0.1) is 24.8 Å². The minimum Gasteiger partial charge on any atom is -0.404 e. The first-order valence-corrected chi connectivity index (χ1v) is 8.19. The van der Waals surface area contributed by atoms with Crippen LogP contribution in [-0.4, -0.2) is 29.0 Å². The maximum atomic E-state index is 12.5. The lowest BCUT2D eigenvalue weighted by molar-refractivity contribution is -0.274. The van der Waals surface area contributed by atoms with Gasteiger partial charge >= 0.3 is 6.36 Å². The van der Waals surface area contributed by atoms with Gasteiger partial charge in [0, 0.05) is 16.2 Å². The molecule has 0 unspecified atom stereocenters. The molecular formula is C15H10BrClF3N3O3. The van der Waals surface area contributed by atoms with E-state index in [0.717, 1.165) is 18.2 Å². The van der Waals surface area contributed by atoms with Crippen molar-refractivity contribution in [2.24, 2.45) is 0 Å². The number of pyridine rings is 1.